The summed E-state index contributed by atoms with van der Waals surface area (Å²) < 4.78 is 87.8. The van der Waals surface area contributed by atoms with E-state index < -0.39 is 82.0 Å². The standard InChI is InChI=1S/C14H15ClFNO4.C13H11ClFNO3.C12H9ClFNO3.C8H12O5.C6H5ClFN.C2H4O3P.C2H6.2K/c1-3-20-13(18)10(14(19)21-4-2)8-17-9-5-6-12(16)11(15)7-9;1-3-19-13(18)8-6-16(2)11-5-9(14)10(15)4-7(11)12(8)17;1-2-18-12(17)7-5-15-10-4-8(13)9(14)3-6(10)11(7)16;1-3-12-7(10)6(5-9)8(11)13-4-2;7-5-3-4(9)1-2-6(5)8;3-1-4-5-2-6;1-2;;/h5-8,17H,3-4H2,1-2H3;4-6H,3H2,1-2H3;3-5H,2H2,1H3,(H,15,16);5,9H,3-4H2,1-2H3;1-3H,9H2;1,6H,2H2;1-2H3;;/q;;;;;-1;;2*+1/i;;;;;1T;;;. The number of halogens is 8. The number of pyridine rings is 2. The third-order valence-corrected chi connectivity index (χ3v) is 10.9. The van der Waals surface area contributed by atoms with Gasteiger partial charge in [-0.2, -0.15) is 0 Å². The predicted octanol–water partition coefficient (Wildman–Crippen LogP) is 5.75. The van der Waals surface area contributed by atoms with Crippen molar-refractivity contribution < 1.29 is 199 Å². The first-order valence-corrected chi connectivity index (χ1v) is 27.8. The number of aliphatic hydroxyl groups excluding tert-OH is 1. The second-order valence-electron chi connectivity index (χ2n) is 15.4. The molecule has 33 heteroatoms. The molecule has 480 valence electrons. The summed E-state index contributed by atoms with van der Waals surface area (Å²) in [5.74, 6) is -7.27. The number of H-pyrrole nitrogens is 1. The number of rotatable bonds is 16. The van der Waals surface area contributed by atoms with Gasteiger partial charge in [-0.05, 0) is 109 Å². The minimum Gasteiger partial charge on any atom is -0.525 e. The van der Waals surface area contributed by atoms with Crippen LogP contribution in [0.25, 0.3) is 21.8 Å². The number of aromatic amines is 1. The van der Waals surface area contributed by atoms with Gasteiger partial charge in [0.1, 0.15) is 40.7 Å². The fourth-order valence-electron chi connectivity index (χ4n) is 5.94. The normalized spacial score (nSPS) is 9.60. The van der Waals surface area contributed by atoms with E-state index in [0.29, 0.717) is 28.7 Å². The van der Waals surface area contributed by atoms with E-state index in [1.807, 2.05) is 13.8 Å². The number of anilines is 2. The second kappa shape index (κ2) is 49.6. The Hall–Kier alpha value is -4.99. The molecule has 0 aliphatic carbocycles. The number of fused-ring (bicyclic) bond motifs is 2. The van der Waals surface area contributed by atoms with Crippen molar-refractivity contribution in [2.75, 3.05) is 57.0 Å². The van der Waals surface area contributed by atoms with Crippen molar-refractivity contribution in [3.63, 3.8) is 0 Å². The summed E-state index contributed by atoms with van der Waals surface area (Å²) in [6, 6.07) is 12.6. The van der Waals surface area contributed by atoms with Crippen molar-refractivity contribution in [1.82, 2.24) is 9.55 Å². The molecule has 0 radical (unpaired) electrons. The summed E-state index contributed by atoms with van der Waals surface area (Å²) in [6.07, 6.45) is 3.01. The molecule has 2 aromatic heterocycles. The zero-order valence-electron chi connectivity index (χ0n) is 51.5. The molecule has 0 bridgehead atoms. The molecule has 6 aromatic rings. The number of nitrogens with one attached hydrogen (secondary N) is 2. The van der Waals surface area contributed by atoms with Crippen LogP contribution in [0.5, 0.6) is 0 Å². The summed E-state index contributed by atoms with van der Waals surface area (Å²) in [5, 5.41) is 11.2. The van der Waals surface area contributed by atoms with Gasteiger partial charge >= 0.3 is 145 Å². The molecule has 0 amide bonds. The number of benzene rings is 4. The topological polar surface area (TPSA) is 306 Å². The summed E-state index contributed by atoms with van der Waals surface area (Å²) in [6.45, 7) is 14.5. The maximum Gasteiger partial charge on any atom is 1.00 e. The smallest absolute Gasteiger partial charge is 0.525 e. The van der Waals surface area contributed by atoms with Crippen LogP contribution in [0.2, 0.25) is 20.1 Å². The Morgan fingerprint density at radius 3 is 1.48 bits per heavy atom. The number of hydrogen-bond donors (Lipinski definition) is 4. The average molecular weight is 1420 g/mol. The Kier molecular flexibility index (Phi) is 48.0. The molecule has 2 heterocycles. The molecule has 0 saturated heterocycles. The monoisotopic (exact) mass is 1420 g/mol. The van der Waals surface area contributed by atoms with Crippen LogP contribution in [-0.4, -0.2) is 103 Å². The van der Waals surface area contributed by atoms with Gasteiger partial charge in [0.05, 0.1) is 70.8 Å². The van der Waals surface area contributed by atoms with Crippen LogP contribution in [0.4, 0.5) is 28.9 Å². The quantitative estimate of drug-likeness (QED) is 0.00716. The summed E-state index contributed by atoms with van der Waals surface area (Å²) >= 11 is 22.3. The number of carbonyl (C=O) groups is 7. The molecular formula is C57H62Cl4F4K2N4O18P+. The van der Waals surface area contributed by atoms with Gasteiger partial charge < -0.3 is 68.3 Å². The van der Waals surface area contributed by atoms with Crippen molar-refractivity contribution in [3.05, 3.63) is 172 Å². The Morgan fingerprint density at radius 1 is 0.633 bits per heavy atom. The van der Waals surface area contributed by atoms with Crippen molar-refractivity contribution in [2.45, 2.75) is 55.4 Å². The fraction of sp³-hybridized carbons (Fsp3) is 0.281. The van der Waals surface area contributed by atoms with Gasteiger partial charge in [0.15, 0.2) is 12.5 Å². The summed E-state index contributed by atoms with van der Waals surface area (Å²) in [4.78, 5) is 112. The van der Waals surface area contributed by atoms with Crippen LogP contribution in [0, 0.1) is 23.3 Å². The van der Waals surface area contributed by atoms with E-state index in [2.05, 4.69) is 38.8 Å². The van der Waals surface area contributed by atoms with E-state index in [1.54, 1.807) is 48.6 Å². The van der Waals surface area contributed by atoms with Gasteiger partial charge in [-0.1, -0.05) is 60.3 Å². The SMILES string of the molecule is CC.CCOC(=O)C(=CNc1ccc(F)c(Cl)c1)C(=O)OCC.CCOC(=O)C(=CO)C(=O)OCC.CCOC(=O)c1c[nH]c2cc(Cl)c(F)cc2c1=O.CCOC(=O)c1cn(C)c2cc(Cl)c(F)cc2c1=O.Nc1ccc(F)c(Cl)c1.[3H]C(=O)OOC[PH-].[K+].[K+]. The number of carbonyl (C=O) groups excluding carboxylic acids is 7. The molecule has 4 aromatic carbocycles. The Morgan fingerprint density at radius 2 is 1.06 bits per heavy atom. The Balaban J connectivity index is -0.00000104. The summed E-state index contributed by atoms with van der Waals surface area (Å²) in [5.41, 5.74) is 4.74. The number of hydrogen-bond acceptors (Lipinski definition) is 20. The predicted molar refractivity (Wildman–Crippen MR) is 325 cm³/mol. The third-order valence-electron chi connectivity index (χ3n) is 9.65. The largest absolute Gasteiger partial charge is 1.00 e. The van der Waals surface area contributed by atoms with Gasteiger partial charge in [-0.15, -0.1) is 0 Å². The number of aromatic nitrogens is 2. The number of nitrogens with zero attached hydrogens (tertiary/aromatic N) is 1. The number of ether oxygens (including phenoxy) is 6. The molecule has 90 heavy (non-hydrogen) atoms. The van der Waals surface area contributed by atoms with Crippen molar-refractivity contribution >= 4 is 131 Å². The second-order valence-corrected chi connectivity index (χ2v) is 17.3. The molecule has 0 aliphatic rings. The summed E-state index contributed by atoms with van der Waals surface area (Å²) in [7, 11) is 4.47. The van der Waals surface area contributed by atoms with Gasteiger partial charge in [0.25, 0.3) is 0 Å². The van der Waals surface area contributed by atoms with Crippen LogP contribution in [0.15, 0.2) is 106 Å². The first kappa shape index (κ1) is 87.1. The van der Waals surface area contributed by atoms with Crippen LogP contribution in [0.3, 0.4) is 0 Å². The van der Waals surface area contributed by atoms with Gasteiger partial charge in [0, 0.05) is 47.8 Å². The van der Waals surface area contributed by atoms with E-state index in [4.69, 9.17) is 77.6 Å². The van der Waals surface area contributed by atoms with E-state index in [0.717, 1.165) is 24.4 Å². The molecule has 0 spiro atoms. The van der Waals surface area contributed by atoms with E-state index in [-0.39, 0.29) is 196 Å². The van der Waals surface area contributed by atoms with E-state index in [9.17, 15) is 60.7 Å². The van der Waals surface area contributed by atoms with E-state index in [1.165, 1.54) is 59.4 Å². The molecule has 6 rings (SSSR count). The number of nitrogen functional groups attached to an aromatic ring is 1. The molecule has 0 saturated carbocycles. The van der Waals surface area contributed by atoms with Gasteiger partial charge in [-0.3, -0.25) is 14.4 Å². The zero-order valence-corrected chi connectivity index (χ0v) is 60.7. The number of esters is 6. The third kappa shape index (κ3) is 31.1. The van der Waals surface area contributed by atoms with Gasteiger partial charge in [0.2, 0.25) is 10.9 Å². The molecular weight excluding hydrogens is 1360 g/mol. The van der Waals surface area contributed by atoms with Crippen molar-refractivity contribution in [1.29, 1.82) is 0 Å². The Labute approximate surface area is 623 Å². The fourth-order valence-corrected chi connectivity index (χ4v) is 6.69. The van der Waals surface area contributed by atoms with Crippen molar-refractivity contribution in [3.8, 4) is 0 Å². The molecule has 0 aliphatic heterocycles. The first-order valence-electron chi connectivity index (χ1n) is 26.1. The minimum absolute atomic E-state index is 0. The minimum atomic E-state index is -1.20. The maximum atomic E-state index is 13.4. The van der Waals surface area contributed by atoms with Gasteiger partial charge in [-0.25, -0.2) is 51.2 Å². The zero-order chi connectivity index (χ0) is 68.1. The van der Waals surface area contributed by atoms with Crippen LogP contribution >= 0.6 is 55.6 Å². The van der Waals surface area contributed by atoms with Crippen LogP contribution in [-0.2, 0) is 69.2 Å². The maximum absolute atomic E-state index is 13.4. The van der Waals surface area contributed by atoms with E-state index >= 15 is 0 Å². The number of nitrogens with two attached hydrogens (primary N) is 1. The number of aryl methyl sites for hydroxylation is 1. The van der Waals surface area contributed by atoms with Crippen LogP contribution in [0.1, 0.15) is 77.5 Å². The van der Waals surface area contributed by atoms with Crippen molar-refractivity contribution in [2.24, 2.45) is 7.05 Å². The first-order chi connectivity index (χ1) is 42.1. The molecule has 0 fully saturated rings. The average Bonchev–Trinajstić information content (AvgIpc) is 0.810. The molecule has 22 nitrogen and oxygen atoms in total. The molecule has 0 unspecified atom stereocenters. The molecule has 5 N–H and O–H groups in total. The number of aliphatic hydroxyl groups is 1. The Bertz CT molecular complexity index is 3550. The molecule has 0 atom stereocenters. The van der Waals surface area contributed by atoms with Crippen LogP contribution < -0.4 is 125 Å².